The largest absolute Gasteiger partial charge is 0.365 e. The predicted molar refractivity (Wildman–Crippen MR) is 67.9 cm³/mol. The highest BCUT2D eigenvalue weighted by Crippen LogP contribution is 2.08. The molecule has 2 aromatic rings. The monoisotopic (exact) mass is 228 g/mol. The maximum Gasteiger partial charge on any atom is 0.253 e. The van der Waals surface area contributed by atoms with Gasteiger partial charge >= 0.3 is 0 Å². The van der Waals surface area contributed by atoms with Crippen LogP contribution in [0.5, 0.6) is 0 Å². The lowest BCUT2D eigenvalue weighted by atomic mass is 10.1. The van der Waals surface area contributed by atoms with Crippen LogP contribution in [0, 0.1) is 13.8 Å². The third-order valence-corrected chi connectivity index (χ3v) is 2.90. The van der Waals surface area contributed by atoms with Crippen molar-refractivity contribution in [3.05, 3.63) is 58.9 Å². The molecule has 88 valence electrons. The van der Waals surface area contributed by atoms with Gasteiger partial charge in [-0.15, -0.1) is 0 Å². The van der Waals surface area contributed by atoms with Crippen molar-refractivity contribution in [2.45, 2.75) is 20.4 Å². The van der Waals surface area contributed by atoms with E-state index in [1.807, 2.05) is 38.1 Å². The highest BCUT2D eigenvalue weighted by atomic mass is 16.1. The van der Waals surface area contributed by atoms with Gasteiger partial charge in [0.2, 0.25) is 0 Å². The second kappa shape index (κ2) is 4.87. The van der Waals surface area contributed by atoms with E-state index in [1.54, 1.807) is 12.3 Å². The van der Waals surface area contributed by atoms with Crippen molar-refractivity contribution in [3.63, 3.8) is 0 Å². The minimum Gasteiger partial charge on any atom is -0.365 e. The lowest BCUT2D eigenvalue weighted by molar-refractivity contribution is 0.0950. The van der Waals surface area contributed by atoms with Crippen LogP contribution in [0.4, 0.5) is 0 Å². The number of nitrogens with one attached hydrogen (secondary N) is 2. The van der Waals surface area contributed by atoms with Crippen molar-refractivity contribution in [2.75, 3.05) is 0 Å². The van der Waals surface area contributed by atoms with Crippen LogP contribution in [0.2, 0.25) is 0 Å². The molecule has 0 aliphatic heterocycles. The lowest BCUT2D eigenvalue weighted by Crippen LogP contribution is -2.23. The van der Waals surface area contributed by atoms with Gasteiger partial charge in [-0.05, 0) is 31.0 Å². The van der Waals surface area contributed by atoms with Gasteiger partial charge in [-0.3, -0.25) is 4.79 Å². The molecule has 3 heteroatoms. The summed E-state index contributed by atoms with van der Waals surface area (Å²) in [5.41, 5.74) is 3.94. The predicted octanol–water partition coefficient (Wildman–Crippen LogP) is 2.56. The number of H-pyrrole nitrogens is 1. The SMILES string of the molecule is Cc1ccccc1CNC(=O)c1cc[nH]c1C. The molecule has 0 fully saturated rings. The Balaban J connectivity index is 2.02. The Morgan fingerprint density at radius 2 is 2.00 bits per heavy atom. The van der Waals surface area contributed by atoms with E-state index in [4.69, 9.17) is 0 Å². The number of benzene rings is 1. The summed E-state index contributed by atoms with van der Waals surface area (Å²) >= 11 is 0. The van der Waals surface area contributed by atoms with Gasteiger partial charge in [0.05, 0.1) is 5.56 Å². The highest BCUT2D eigenvalue weighted by molar-refractivity contribution is 5.95. The Bertz CT molecular complexity index is 529. The number of amides is 1. The van der Waals surface area contributed by atoms with Crippen molar-refractivity contribution < 1.29 is 4.79 Å². The lowest BCUT2D eigenvalue weighted by Gasteiger charge is -2.07. The van der Waals surface area contributed by atoms with Gasteiger partial charge in [-0.2, -0.15) is 0 Å². The average Bonchev–Trinajstić information content (AvgIpc) is 2.74. The number of hydrogen-bond donors (Lipinski definition) is 2. The molecule has 1 amide bonds. The summed E-state index contributed by atoms with van der Waals surface area (Å²) < 4.78 is 0. The molecule has 1 aromatic heterocycles. The zero-order chi connectivity index (χ0) is 12.3. The zero-order valence-electron chi connectivity index (χ0n) is 10.1. The molecule has 2 rings (SSSR count). The molecule has 0 atom stereocenters. The van der Waals surface area contributed by atoms with E-state index in [2.05, 4.69) is 10.3 Å². The minimum atomic E-state index is -0.0352. The van der Waals surface area contributed by atoms with Gasteiger partial charge in [-0.1, -0.05) is 24.3 Å². The molecule has 0 saturated carbocycles. The summed E-state index contributed by atoms with van der Waals surface area (Å²) in [6.07, 6.45) is 1.78. The maximum absolute atomic E-state index is 11.9. The van der Waals surface area contributed by atoms with E-state index in [1.165, 1.54) is 5.56 Å². The Labute approximate surface area is 101 Å². The number of hydrogen-bond acceptors (Lipinski definition) is 1. The van der Waals surface area contributed by atoms with Crippen molar-refractivity contribution >= 4 is 5.91 Å². The minimum absolute atomic E-state index is 0.0352. The molecular weight excluding hydrogens is 212 g/mol. The van der Waals surface area contributed by atoms with Crippen LogP contribution in [-0.2, 0) is 6.54 Å². The summed E-state index contributed by atoms with van der Waals surface area (Å²) in [7, 11) is 0. The fourth-order valence-corrected chi connectivity index (χ4v) is 1.78. The van der Waals surface area contributed by atoms with Gasteiger partial charge in [0.25, 0.3) is 5.91 Å². The van der Waals surface area contributed by atoms with Crippen LogP contribution in [0.1, 0.15) is 27.2 Å². The van der Waals surface area contributed by atoms with Gasteiger partial charge in [0.15, 0.2) is 0 Å². The fraction of sp³-hybridized carbons (Fsp3) is 0.214. The van der Waals surface area contributed by atoms with Gasteiger partial charge in [0.1, 0.15) is 0 Å². The number of aromatic nitrogens is 1. The third kappa shape index (κ3) is 2.56. The number of carbonyl (C=O) groups excluding carboxylic acids is 1. The van der Waals surface area contributed by atoms with Crippen LogP contribution in [0.15, 0.2) is 36.5 Å². The highest BCUT2D eigenvalue weighted by Gasteiger charge is 2.09. The van der Waals surface area contributed by atoms with Crippen molar-refractivity contribution in [2.24, 2.45) is 0 Å². The topological polar surface area (TPSA) is 44.9 Å². The first-order valence-electron chi connectivity index (χ1n) is 5.65. The second-order valence-corrected chi connectivity index (χ2v) is 4.13. The fourth-order valence-electron chi connectivity index (χ4n) is 1.78. The first-order valence-corrected chi connectivity index (χ1v) is 5.65. The molecule has 0 bridgehead atoms. The number of aryl methyl sites for hydroxylation is 2. The quantitative estimate of drug-likeness (QED) is 0.833. The van der Waals surface area contributed by atoms with Crippen LogP contribution in [-0.4, -0.2) is 10.9 Å². The molecule has 0 aliphatic rings. The summed E-state index contributed by atoms with van der Waals surface area (Å²) in [5.74, 6) is -0.0352. The van der Waals surface area contributed by atoms with Crippen molar-refractivity contribution in [3.8, 4) is 0 Å². The van der Waals surface area contributed by atoms with E-state index in [9.17, 15) is 4.79 Å². The van der Waals surface area contributed by atoms with Crippen LogP contribution < -0.4 is 5.32 Å². The first-order chi connectivity index (χ1) is 8.18. The average molecular weight is 228 g/mol. The molecule has 1 heterocycles. The molecule has 1 aromatic carbocycles. The standard InChI is InChI=1S/C14H16N2O/c1-10-5-3-4-6-12(10)9-16-14(17)13-7-8-15-11(13)2/h3-8,15H,9H2,1-2H3,(H,16,17). The Hall–Kier alpha value is -2.03. The van der Waals surface area contributed by atoms with Crippen LogP contribution in [0.3, 0.4) is 0 Å². The Morgan fingerprint density at radius 3 is 2.65 bits per heavy atom. The van der Waals surface area contributed by atoms with E-state index in [0.717, 1.165) is 11.3 Å². The van der Waals surface area contributed by atoms with E-state index < -0.39 is 0 Å². The van der Waals surface area contributed by atoms with E-state index in [-0.39, 0.29) is 5.91 Å². The molecule has 0 aliphatic carbocycles. The molecule has 0 unspecified atom stereocenters. The maximum atomic E-state index is 11.9. The van der Waals surface area contributed by atoms with E-state index >= 15 is 0 Å². The molecule has 0 saturated heterocycles. The van der Waals surface area contributed by atoms with Crippen molar-refractivity contribution in [1.82, 2.24) is 10.3 Å². The van der Waals surface area contributed by atoms with Gasteiger partial charge in [0, 0.05) is 18.4 Å². The van der Waals surface area contributed by atoms with Gasteiger partial charge < -0.3 is 10.3 Å². The first kappa shape index (κ1) is 11.5. The molecule has 17 heavy (non-hydrogen) atoms. The molecule has 3 nitrogen and oxygen atoms in total. The Morgan fingerprint density at radius 1 is 1.24 bits per heavy atom. The summed E-state index contributed by atoms with van der Waals surface area (Å²) in [6, 6.07) is 9.85. The number of carbonyl (C=O) groups is 1. The van der Waals surface area contributed by atoms with E-state index in [0.29, 0.717) is 12.1 Å². The normalized spacial score (nSPS) is 10.2. The van der Waals surface area contributed by atoms with Crippen LogP contribution in [0.25, 0.3) is 0 Å². The molecule has 2 N–H and O–H groups in total. The Kier molecular flexibility index (Phi) is 3.28. The van der Waals surface area contributed by atoms with Crippen LogP contribution >= 0.6 is 0 Å². The molecular formula is C14H16N2O. The molecule has 0 radical (unpaired) electrons. The number of aromatic amines is 1. The summed E-state index contributed by atoms with van der Waals surface area (Å²) in [4.78, 5) is 14.9. The third-order valence-electron chi connectivity index (χ3n) is 2.90. The second-order valence-electron chi connectivity index (χ2n) is 4.13. The summed E-state index contributed by atoms with van der Waals surface area (Å²) in [6.45, 7) is 4.50. The smallest absolute Gasteiger partial charge is 0.253 e. The van der Waals surface area contributed by atoms with Crippen molar-refractivity contribution in [1.29, 1.82) is 0 Å². The molecule has 0 spiro atoms. The van der Waals surface area contributed by atoms with Gasteiger partial charge in [-0.25, -0.2) is 0 Å². The summed E-state index contributed by atoms with van der Waals surface area (Å²) in [5, 5.41) is 2.92. The zero-order valence-corrected chi connectivity index (χ0v) is 10.1. The number of rotatable bonds is 3.